The Morgan fingerprint density at radius 3 is 2.67 bits per heavy atom. The molecule has 5 heteroatoms. The molecule has 2 aromatic carbocycles. The average Bonchev–Trinajstić information content (AvgIpc) is 2.73. The summed E-state index contributed by atoms with van der Waals surface area (Å²) in [4.78, 5) is 14.1. The van der Waals surface area contributed by atoms with Crippen molar-refractivity contribution in [1.29, 1.82) is 0 Å². The topological polar surface area (TPSA) is 49.2 Å². The van der Waals surface area contributed by atoms with E-state index >= 15 is 0 Å². The van der Waals surface area contributed by atoms with Crippen LogP contribution < -0.4 is 14.4 Å². The molecular weight excluding hydrogens is 342 g/mol. The molecule has 0 atom stereocenters. The van der Waals surface area contributed by atoms with Crippen LogP contribution in [0.1, 0.15) is 21.5 Å². The van der Waals surface area contributed by atoms with Gasteiger partial charge in [-0.15, -0.1) is 0 Å². The van der Waals surface area contributed by atoms with Gasteiger partial charge in [-0.3, -0.25) is 4.79 Å². The van der Waals surface area contributed by atoms with Crippen LogP contribution in [0, 0.1) is 0 Å². The molecule has 1 aliphatic heterocycles. The number of allylic oxidation sites excluding steroid dienone is 1. The SMILES string of the molecule is COc1cccc(/C=C/C(=O)c2ccc(OC)c(C[NH+]3CCOCC3)c2)c1. The Balaban J connectivity index is 1.75. The lowest BCUT2D eigenvalue weighted by Gasteiger charge is -2.24. The summed E-state index contributed by atoms with van der Waals surface area (Å²) >= 11 is 0. The highest BCUT2D eigenvalue weighted by Crippen LogP contribution is 2.20. The van der Waals surface area contributed by atoms with Gasteiger partial charge in [-0.05, 0) is 42.0 Å². The lowest BCUT2D eigenvalue weighted by atomic mass is 10.0. The van der Waals surface area contributed by atoms with Crippen molar-refractivity contribution < 1.29 is 23.9 Å². The zero-order valence-electron chi connectivity index (χ0n) is 15.9. The van der Waals surface area contributed by atoms with Crippen molar-refractivity contribution in [3.05, 3.63) is 65.2 Å². The molecule has 0 bridgehead atoms. The van der Waals surface area contributed by atoms with Crippen LogP contribution in [-0.4, -0.2) is 46.3 Å². The first-order valence-corrected chi connectivity index (χ1v) is 9.14. The molecular formula is C22H26NO4+. The number of hydrogen-bond acceptors (Lipinski definition) is 4. The smallest absolute Gasteiger partial charge is 0.185 e. The highest BCUT2D eigenvalue weighted by molar-refractivity contribution is 6.07. The van der Waals surface area contributed by atoms with Crippen LogP contribution in [0.5, 0.6) is 11.5 Å². The molecule has 0 amide bonds. The molecule has 0 aromatic heterocycles. The molecule has 0 saturated carbocycles. The molecule has 0 spiro atoms. The van der Waals surface area contributed by atoms with E-state index in [1.165, 1.54) is 4.90 Å². The van der Waals surface area contributed by atoms with Gasteiger partial charge in [0.25, 0.3) is 0 Å². The molecule has 2 aromatic rings. The molecule has 0 radical (unpaired) electrons. The fraction of sp³-hybridized carbons (Fsp3) is 0.318. The Labute approximate surface area is 160 Å². The van der Waals surface area contributed by atoms with Crippen LogP contribution in [0.3, 0.4) is 0 Å². The summed E-state index contributed by atoms with van der Waals surface area (Å²) < 4.78 is 16.1. The van der Waals surface area contributed by atoms with Gasteiger partial charge in [0.05, 0.1) is 27.4 Å². The third kappa shape index (κ3) is 5.18. The minimum atomic E-state index is -0.0290. The normalized spacial score (nSPS) is 15.0. The Hall–Kier alpha value is -2.63. The van der Waals surface area contributed by atoms with Crippen molar-refractivity contribution in [2.45, 2.75) is 6.54 Å². The standard InChI is InChI=1S/C22H25NO4/c1-25-20-5-3-4-17(14-20)6-8-21(24)18-7-9-22(26-2)19(15-18)16-23-10-12-27-13-11-23/h3-9,14-15H,10-13,16H2,1-2H3/p+1/b8-6+. The number of carbonyl (C=O) groups is 1. The molecule has 0 aliphatic carbocycles. The van der Waals surface area contributed by atoms with Gasteiger partial charge < -0.3 is 19.1 Å². The number of hydrogen-bond donors (Lipinski definition) is 1. The molecule has 142 valence electrons. The van der Waals surface area contributed by atoms with Crippen molar-refractivity contribution >= 4 is 11.9 Å². The van der Waals surface area contributed by atoms with Crippen molar-refractivity contribution in [2.24, 2.45) is 0 Å². The summed E-state index contributed by atoms with van der Waals surface area (Å²) in [5.41, 5.74) is 2.64. The first-order valence-electron chi connectivity index (χ1n) is 9.14. The second-order valence-corrected chi connectivity index (χ2v) is 6.54. The maximum Gasteiger partial charge on any atom is 0.185 e. The number of carbonyl (C=O) groups excluding carboxylic acids is 1. The summed E-state index contributed by atoms with van der Waals surface area (Å²) in [6, 6.07) is 13.2. The van der Waals surface area contributed by atoms with Crippen molar-refractivity contribution in [3.63, 3.8) is 0 Å². The first kappa shape index (κ1) is 19.1. The van der Waals surface area contributed by atoms with Crippen LogP contribution in [0.15, 0.2) is 48.5 Å². The third-order valence-electron chi connectivity index (χ3n) is 4.73. The minimum absolute atomic E-state index is 0.0290. The largest absolute Gasteiger partial charge is 0.497 e. The van der Waals surface area contributed by atoms with E-state index in [4.69, 9.17) is 14.2 Å². The minimum Gasteiger partial charge on any atom is -0.497 e. The summed E-state index contributed by atoms with van der Waals surface area (Å²) in [7, 11) is 3.29. The lowest BCUT2D eigenvalue weighted by Crippen LogP contribution is -3.12. The summed E-state index contributed by atoms with van der Waals surface area (Å²) in [6.07, 6.45) is 3.41. The summed E-state index contributed by atoms with van der Waals surface area (Å²) in [6.45, 7) is 4.32. The highest BCUT2D eigenvalue weighted by atomic mass is 16.5. The monoisotopic (exact) mass is 368 g/mol. The third-order valence-corrected chi connectivity index (χ3v) is 4.73. The molecule has 27 heavy (non-hydrogen) atoms. The molecule has 1 N–H and O–H groups in total. The molecule has 1 aliphatic rings. The van der Waals surface area contributed by atoms with E-state index in [-0.39, 0.29) is 5.78 Å². The first-order chi connectivity index (χ1) is 13.2. The van der Waals surface area contributed by atoms with Crippen LogP contribution in [-0.2, 0) is 11.3 Å². The maximum absolute atomic E-state index is 12.6. The molecule has 3 rings (SSSR count). The number of methoxy groups -OCH3 is 2. The van der Waals surface area contributed by atoms with Gasteiger partial charge in [0.2, 0.25) is 0 Å². The highest BCUT2D eigenvalue weighted by Gasteiger charge is 2.17. The Bertz CT molecular complexity index is 810. The van der Waals surface area contributed by atoms with E-state index in [1.807, 2.05) is 48.5 Å². The number of rotatable bonds is 7. The number of quaternary nitrogens is 1. The Kier molecular flexibility index (Phi) is 6.63. The van der Waals surface area contributed by atoms with E-state index in [0.29, 0.717) is 5.56 Å². The fourth-order valence-corrected chi connectivity index (χ4v) is 3.19. The van der Waals surface area contributed by atoms with Gasteiger partial charge in [0.1, 0.15) is 31.1 Å². The van der Waals surface area contributed by atoms with Gasteiger partial charge in [0, 0.05) is 11.1 Å². The Morgan fingerprint density at radius 1 is 1.11 bits per heavy atom. The Morgan fingerprint density at radius 2 is 1.93 bits per heavy atom. The maximum atomic E-state index is 12.6. The number of ether oxygens (including phenoxy) is 3. The summed E-state index contributed by atoms with van der Waals surface area (Å²) in [5, 5.41) is 0. The zero-order valence-corrected chi connectivity index (χ0v) is 15.9. The second kappa shape index (κ2) is 9.35. The van der Waals surface area contributed by atoms with Gasteiger partial charge in [0.15, 0.2) is 5.78 Å². The van der Waals surface area contributed by atoms with Crippen LogP contribution >= 0.6 is 0 Å². The molecule has 1 fully saturated rings. The second-order valence-electron chi connectivity index (χ2n) is 6.54. The molecule has 1 saturated heterocycles. The zero-order chi connectivity index (χ0) is 19.1. The molecule has 1 heterocycles. The average molecular weight is 368 g/mol. The van der Waals surface area contributed by atoms with Crippen molar-refractivity contribution in [2.75, 3.05) is 40.5 Å². The van der Waals surface area contributed by atoms with Gasteiger partial charge >= 0.3 is 0 Å². The van der Waals surface area contributed by atoms with Crippen molar-refractivity contribution in [3.8, 4) is 11.5 Å². The number of morpholine rings is 1. The number of benzene rings is 2. The fourth-order valence-electron chi connectivity index (χ4n) is 3.19. The van der Waals surface area contributed by atoms with Crippen LogP contribution in [0.4, 0.5) is 0 Å². The van der Waals surface area contributed by atoms with E-state index in [0.717, 1.165) is 55.5 Å². The van der Waals surface area contributed by atoms with Crippen molar-refractivity contribution in [1.82, 2.24) is 0 Å². The predicted octanol–water partition coefficient (Wildman–Crippen LogP) is 2.01. The van der Waals surface area contributed by atoms with Gasteiger partial charge in [-0.2, -0.15) is 0 Å². The van der Waals surface area contributed by atoms with Crippen LogP contribution in [0.25, 0.3) is 6.08 Å². The predicted molar refractivity (Wildman–Crippen MR) is 105 cm³/mol. The molecule has 5 nitrogen and oxygen atoms in total. The summed E-state index contributed by atoms with van der Waals surface area (Å²) in [5.74, 6) is 1.56. The van der Waals surface area contributed by atoms with Crippen LogP contribution in [0.2, 0.25) is 0 Å². The van der Waals surface area contributed by atoms with Gasteiger partial charge in [-0.1, -0.05) is 18.2 Å². The number of ketones is 1. The molecule has 0 unspecified atom stereocenters. The number of nitrogens with one attached hydrogen (secondary N) is 1. The van der Waals surface area contributed by atoms with E-state index in [1.54, 1.807) is 20.3 Å². The van der Waals surface area contributed by atoms with E-state index < -0.39 is 0 Å². The van der Waals surface area contributed by atoms with E-state index in [2.05, 4.69) is 0 Å². The lowest BCUT2D eigenvalue weighted by molar-refractivity contribution is -0.921. The van der Waals surface area contributed by atoms with Gasteiger partial charge in [-0.25, -0.2) is 0 Å². The van der Waals surface area contributed by atoms with E-state index in [9.17, 15) is 4.79 Å². The quantitative estimate of drug-likeness (QED) is 0.600.